The van der Waals surface area contributed by atoms with Gasteiger partial charge in [-0.3, -0.25) is 0 Å². The number of carbonyl (C=O) groups excluding carboxylic acids is 1. The Bertz CT molecular complexity index is 1440. The van der Waals surface area contributed by atoms with Gasteiger partial charge >= 0.3 is 18.0 Å². The van der Waals surface area contributed by atoms with E-state index in [1.165, 1.54) is 10.7 Å². The molecule has 0 aliphatic carbocycles. The fourth-order valence-electron chi connectivity index (χ4n) is 5.07. The van der Waals surface area contributed by atoms with Crippen LogP contribution in [-0.4, -0.2) is 59.3 Å². The van der Waals surface area contributed by atoms with Crippen molar-refractivity contribution < 1.29 is 36.6 Å². The van der Waals surface area contributed by atoms with Gasteiger partial charge in [0.25, 0.3) is 5.89 Å². The molecular weight excluding hydrogens is 569 g/mol. The second kappa shape index (κ2) is 12.0. The number of likely N-dealkylation sites (tertiary alicyclic amines) is 1. The van der Waals surface area contributed by atoms with Crippen molar-refractivity contribution in [3.63, 3.8) is 0 Å². The molecule has 41 heavy (non-hydrogen) atoms. The number of benzene rings is 2. The van der Waals surface area contributed by atoms with Gasteiger partial charge in [0, 0.05) is 25.9 Å². The van der Waals surface area contributed by atoms with Crippen molar-refractivity contribution in [3.05, 3.63) is 57.5 Å². The van der Waals surface area contributed by atoms with Crippen LogP contribution in [0, 0.1) is 0 Å². The van der Waals surface area contributed by atoms with Crippen LogP contribution in [0.2, 0.25) is 5.02 Å². The first-order chi connectivity index (χ1) is 19.6. The summed E-state index contributed by atoms with van der Waals surface area (Å²) in [5, 5.41) is 4.38. The molecule has 3 heterocycles. The van der Waals surface area contributed by atoms with Crippen molar-refractivity contribution in [2.75, 3.05) is 26.2 Å². The summed E-state index contributed by atoms with van der Waals surface area (Å²) in [5.41, 5.74) is 6.45. The number of fused-ring (bicyclic) bond motifs is 1. The largest absolute Gasteiger partial charge is 0.482 e. The Morgan fingerprint density at radius 2 is 1.90 bits per heavy atom. The number of nitrogens with zero attached hydrogens (tertiary/aromatic N) is 3. The lowest BCUT2D eigenvalue weighted by Crippen LogP contribution is -2.37. The molecule has 10 nitrogen and oxygen atoms in total. The number of halogens is 4. The van der Waals surface area contributed by atoms with Crippen LogP contribution in [0.5, 0.6) is 17.2 Å². The number of piperidine rings is 1. The minimum atomic E-state index is -4.18. The van der Waals surface area contributed by atoms with E-state index in [2.05, 4.69) is 5.10 Å². The SMILES string of the molecule is NC(=O)Oc1c(Cl)cc(-c2nn(C3CCN(CCCC(F)(F)F)CC3)c(=O)o2)c2c1OCC(Cc1ccccc1)O2. The van der Waals surface area contributed by atoms with Crippen molar-refractivity contribution in [2.45, 2.75) is 50.4 Å². The summed E-state index contributed by atoms with van der Waals surface area (Å²) in [6.07, 6.45) is -4.97. The van der Waals surface area contributed by atoms with Gasteiger partial charge in [-0.1, -0.05) is 41.9 Å². The summed E-state index contributed by atoms with van der Waals surface area (Å²) in [6.45, 7) is 1.50. The normalized spacial score (nSPS) is 17.9. The average molecular weight is 597 g/mol. The Balaban J connectivity index is 1.38. The van der Waals surface area contributed by atoms with E-state index in [1.807, 2.05) is 35.2 Å². The monoisotopic (exact) mass is 596 g/mol. The lowest BCUT2D eigenvalue weighted by Gasteiger charge is -2.31. The Kier molecular flexibility index (Phi) is 8.45. The number of hydrogen-bond donors (Lipinski definition) is 1. The van der Waals surface area contributed by atoms with Crippen LogP contribution >= 0.6 is 11.6 Å². The molecule has 3 aromatic rings. The van der Waals surface area contributed by atoms with E-state index in [4.69, 9.17) is 36.0 Å². The molecule has 0 radical (unpaired) electrons. The van der Waals surface area contributed by atoms with Crippen LogP contribution in [0.15, 0.2) is 45.6 Å². The van der Waals surface area contributed by atoms with Crippen molar-refractivity contribution in [3.8, 4) is 28.7 Å². The lowest BCUT2D eigenvalue weighted by molar-refractivity contribution is -0.136. The third kappa shape index (κ3) is 6.96. The Morgan fingerprint density at radius 1 is 1.17 bits per heavy atom. The zero-order valence-electron chi connectivity index (χ0n) is 21.9. The number of hydrogen-bond acceptors (Lipinski definition) is 8. The van der Waals surface area contributed by atoms with Gasteiger partial charge in [-0.25, -0.2) is 9.59 Å². The first-order valence-corrected chi connectivity index (χ1v) is 13.5. The quantitative estimate of drug-likeness (QED) is 0.387. The molecule has 1 unspecified atom stereocenters. The molecule has 2 N–H and O–H groups in total. The van der Waals surface area contributed by atoms with Gasteiger partial charge in [0.2, 0.25) is 5.75 Å². The van der Waals surface area contributed by atoms with Crippen molar-refractivity contribution in [1.82, 2.24) is 14.7 Å². The number of rotatable bonds is 8. The molecule has 0 saturated carbocycles. The van der Waals surface area contributed by atoms with E-state index >= 15 is 0 Å². The highest BCUT2D eigenvalue weighted by atomic mass is 35.5. The fraction of sp³-hybridized carbons (Fsp3) is 0.444. The van der Waals surface area contributed by atoms with Gasteiger partial charge in [-0.15, -0.1) is 5.10 Å². The maximum Gasteiger partial charge on any atom is 0.437 e. The van der Waals surface area contributed by atoms with Gasteiger partial charge in [0.1, 0.15) is 12.7 Å². The van der Waals surface area contributed by atoms with Gasteiger partial charge in [-0.2, -0.15) is 17.9 Å². The van der Waals surface area contributed by atoms with E-state index in [1.54, 1.807) is 0 Å². The summed E-state index contributed by atoms with van der Waals surface area (Å²) in [4.78, 5) is 26.3. The average Bonchev–Trinajstić information content (AvgIpc) is 3.31. The predicted molar refractivity (Wildman–Crippen MR) is 141 cm³/mol. The molecule has 14 heteroatoms. The minimum Gasteiger partial charge on any atom is -0.482 e. The van der Waals surface area contributed by atoms with Gasteiger partial charge in [0.15, 0.2) is 11.5 Å². The lowest BCUT2D eigenvalue weighted by atomic mass is 10.1. The van der Waals surface area contributed by atoms with Gasteiger partial charge in [0.05, 0.1) is 16.6 Å². The number of primary amides is 1. The highest BCUT2D eigenvalue weighted by Gasteiger charge is 2.34. The summed E-state index contributed by atoms with van der Waals surface area (Å²) >= 11 is 6.41. The van der Waals surface area contributed by atoms with Crippen LogP contribution < -0.4 is 25.7 Å². The van der Waals surface area contributed by atoms with Crippen molar-refractivity contribution in [2.24, 2.45) is 5.73 Å². The smallest absolute Gasteiger partial charge is 0.437 e. The molecule has 0 spiro atoms. The maximum atomic E-state index is 12.9. The maximum absolute atomic E-state index is 12.9. The topological polar surface area (TPSA) is 122 Å². The van der Waals surface area contributed by atoms with E-state index in [9.17, 15) is 22.8 Å². The Morgan fingerprint density at radius 3 is 2.59 bits per heavy atom. The molecule has 2 aromatic carbocycles. The van der Waals surface area contributed by atoms with Crippen molar-refractivity contribution in [1.29, 1.82) is 0 Å². The van der Waals surface area contributed by atoms with Gasteiger partial charge in [-0.05, 0) is 37.4 Å². The standard InChI is InChI=1S/C27H28ClF3N4O6/c28-20-14-19(21-23(22(20)40-25(32)36)38-15-18(39-21)13-16-5-2-1-3-6-16)24-33-35(26(37)41-24)17-7-11-34(12-8-17)10-4-9-27(29,30)31/h1-3,5-6,14,17-18H,4,7-13,15H2,(H2,32,36). The van der Waals surface area contributed by atoms with E-state index in [0.717, 1.165) is 5.56 Å². The first kappa shape index (κ1) is 28.8. The highest BCUT2D eigenvalue weighted by Crippen LogP contribution is 2.50. The summed E-state index contributed by atoms with van der Waals surface area (Å²) in [5.74, 6) is -0.743. The molecule has 1 amide bonds. The van der Waals surface area contributed by atoms with E-state index in [0.29, 0.717) is 38.9 Å². The first-order valence-electron chi connectivity index (χ1n) is 13.1. The minimum absolute atomic E-state index is 0.0247. The van der Waals surface area contributed by atoms with Crippen LogP contribution in [0.3, 0.4) is 0 Å². The zero-order valence-corrected chi connectivity index (χ0v) is 22.6. The number of alkyl halides is 3. The summed E-state index contributed by atoms with van der Waals surface area (Å²) in [7, 11) is 0. The highest BCUT2D eigenvalue weighted by molar-refractivity contribution is 6.33. The molecule has 0 bridgehead atoms. The molecule has 220 valence electrons. The zero-order chi connectivity index (χ0) is 29.1. The number of aromatic nitrogens is 2. The molecule has 1 fully saturated rings. The number of nitrogens with two attached hydrogens (primary N) is 1. The number of amides is 1. The summed E-state index contributed by atoms with van der Waals surface area (Å²) < 4.78 is 61.5. The molecule has 2 aliphatic heterocycles. The molecule has 1 aromatic heterocycles. The van der Waals surface area contributed by atoms with E-state index in [-0.39, 0.29) is 52.8 Å². The van der Waals surface area contributed by atoms with Crippen molar-refractivity contribution >= 4 is 17.7 Å². The van der Waals surface area contributed by atoms with Crippen LogP contribution in [0.1, 0.15) is 37.3 Å². The summed E-state index contributed by atoms with van der Waals surface area (Å²) in [6, 6.07) is 10.7. The van der Waals surface area contributed by atoms with Gasteiger partial charge < -0.3 is 29.3 Å². The molecular formula is C27H28ClF3N4O6. The van der Waals surface area contributed by atoms with Crippen LogP contribution in [0.4, 0.5) is 18.0 Å². The number of carbonyl (C=O) groups is 1. The molecule has 1 atom stereocenters. The molecule has 2 aliphatic rings. The molecule has 5 rings (SSSR count). The Hall–Kier alpha value is -3.71. The third-order valence-electron chi connectivity index (χ3n) is 6.99. The Labute approximate surface area is 237 Å². The second-order valence-corrected chi connectivity index (χ2v) is 10.4. The van der Waals surface area contributed by atoms with Crippen LogP contribution in [0.25, 0.3) is 11.5 Å². The van der Waals surface area contributed by atoms with E-state index < -0.39 is 30.6 Å². The predicted octanol–water partition coefficient (Wildman–Crippen LogP) is 4.98. The molecule has 1 saturated heterocycles. The third-order valence-corrected chi connectivity index (χ3v) is 7.27. The number of ether oxygens (including phenoxy) is 3. The van der Waals surface area contributed by atoms with Crippen LogP contribution in [-0.2, 0) is 6.42 Å². The fourth-order valence-corrected chi connectivity index (χ4v) is 5.30. The second-order valence-electron chi connectivity index (χ2n) is 9.96.